The van der Waals surface area contributed by atoms with Crippen LogP contribution in [0.1, 0.15) is 19.4 Å². The van der Waals surface area contributed by atoms with Crippen LogP contribution in [0.15, 0.2) is 42.5 Å². The van der Waals surface area contributed by atoms with Crippen LogP contribution in [0.2, 0.25) is 0 Å². The zero-order valence-electron chi connectivity index (χ0n) is 10.1. The molecule has 0 aliphatic rings. The van der Waals surface area contributed by atoms with E-state index in [9.17, 15) is 9.59 Å². The lowest BCUT2D eigenvalue weighted by Crippen LogP contribution is -2.15. The van der Waals surface area contributed by atoms with E-state index < -0.39 is 11.8 Å². The van der Waals surface area contributed by atoms with Crippen LogP contribution in [-0.4, -0.2) is 11.8 Å². The molecule has 0 aromatic heterocycles. The molecule has 3 nitrogen and oxygen atoms in total. The van der Waals surface area contributed by atoms with Crippen molar-refractivity contribution in [3.05, 3.63) is 48.0 Å². The van der Waals surface area contributed by atoms with Gasteiger partial charge in [0.05, 0.1) is 0 Å². The van der Waals surface area contributed by atoms with Gasteiger partial charge in [-0.3, -0.25) is 4.79 Å². The molecule has 0 bridgehead atoms. The highest BCUT2D eigenvalue weighted by molar-refractivity contribution is 6.38. The van der Waals surface area contributed by atoms with E-state index in [-0.39, 0.29) is 12.5 Å². The van der Waals surface area contributed by atoms with Crippen molar-refractivity contribution >= 4 is 11.8 Å². The molecule has 0 atom stereocenters. The number of esters is 1. The van der Waals surface area contributed by atoms with Gasteiger partial charge in [0.2, 0.25) is 0 Å². The number of carbonyl (C=O) groups is 2. The lowest BCUT2D eigenvalue weighted by molar-refractivity contribution is -0.152. The molecule has 0 N–H and O–H groups in total. The van der Waals surface area contributed by atoms with E-state index in [2.05, 4.69) is 0 Å². The van der Waals surface area contributed by atoms with E-state index in [1.807, 2.05) is 44.2 Å². The molecule has 0 fully saturated rings. The third-order valence-corrected chi connectivity index (χ3v) is 2.05. The number of carbonyl (C=O) groups excluding carboxylic acids is 2. The van der Waals surface area contributed by atoms with Crippen LogP contribution in [0.5, 0.6) is 0 Å². The second-order valence-corrected chi connectivity index (χ2v) is 4.03. The normalized spacial score (nSPS) is 10.8. The summed E-state index contributed by atoms with van der Waals surface area (Å²) in [5, 5.41) is 0. The van der Waals surface area contributed by atoms with Gasteiger partial charge < -0.3 is 4.74 Å². The molecular formula is C14H16O3. The molecule has 0 aliphatic carbocycles. The molecule has 17 heavy (non-hydrogen) atoms. The van der Waals surface area contributed by atoms with Gasteiger partial charge in [-0.25, -0.2) is 4.79 Å². The van der Waals surface area contributed by atoms with Gasteiger partial charge in [0.25, 0.3) is 5.78 Å². The first kappa shape index (κ1) is 13.2. The zero-order chi connectivity index (χ0) is 12.7. The maximum atomic E-state index is 11.3. The Morgan fingerprint density at radius 2 is 1.88 bits per heavy atom. The predicted molar refractivity (Wildman–Crippen MR) is 65.2 cm³/mol. The van der Waals surface area contributed by atoms with Gasteiger partial charge in [-0.1, -0.05) is 50.3 Å². The fourth-order valence-electron chi connectivity index (χ4n) is 1.14. The Morgan fingerprint density at radius 3 is 2.47 bits per heavy atom. The first-order valence-corrected chi connectivity index (χ1v) is 5.53. The molecule has 0 heterocycles. The van der Waals surface area contributed by atoms with Crippen LogP contribution in [-0.2, 0) is 20.9 Å². The number of ketones is 1. The molecule has 3 heteroatoms. The zero-order valence-corrected chi connectivity index (χ0v) is 10.1. The van der Waals surface area contributed by atoms with Gasteiger partial charge in [-0.05, 0) is 17.6 Å². The molecule has 1 rings (SSSR count). The number of benzene rings is 1. The van der Waals surface area contributed by atoms with Crippen molar-refractivity contribution in [3.63, 3.8) is 0 Å². The maximum Gasteiger partial charge on any atom is 0.379 e. The molecule has 0 spiro atoms. The summed E-state index contributed by atoms with van der Waals surface area (Å²) in [6, 6.07) is 9.25. The van der Waals surface area contributed by atoms with Gasteiger partial charge in [-0.15, -0.1) is 0 Å². The molecule has 0 amide bonds. The van der Waals surface area contributed by atoms with E-state index in [1.165, 1.54) is 6.08 Å². The number of rotatable bonds is 5. The summed E-state index contributed by atoms with van der Waals surface area (Å²) in [4.78, 5) is 22.6. The Balaban J connectivity index is 2.42. The SMILES string of the molecule is CC(C)C=CC(=O)C(=O)OCc1ccccc1. The van der Waals surface area contributed by atoms with E-state index in [4.69, 9.17) is 4.74 Å². The average molecular weight is 232 g/mol. The lowest BCUT2D eigenvalue weighted by atomic mass is 10.2. The highest BCUT2D eigenvalue weighted by Gasteiger charge is 2.11. The van der Waals surface area contributed by atoms with Crippen molar-refractivity contribution in [3.8, 4) is 0 Å². The largest absolute Gasteiger partial charge is 0.455 e. The minimum Gasteiger partial charge on any atom is -0.455 e. The molecule has 0 saturated carbocycles. The third-order valence-electron chi connectivity index (χ3n) is 2.05. The van der Waals surface area contributed by atoms with Gasteiger partial charge in [0, 0.05) is 0 Å². The Labute approximate surface area is 101 Å². The van der Waals surface area contributed by atoms with Gasteiger partial charge in [0.1, 0.15) is 6.61 Å². The molecule has 0 unspecified atom stereocenters. The van der Waals surface area contributed by atoms with E-state index in [1.54, 1.807) is 6.08 Å². The summed E-state index contributed by atoms with van der Waals surface area (Å²) in [6.07, 6.45) is 2.93. The summed E-state index contributed by atoms with van der Waals surface area (Å²) in [5.74, 6) is -1.19. The minimum atomic E-state index is -0.814. The number of ether oxygens (including phenoxy) is 1. The van der Waals surface area contributed by atoms with Crippen LogP contribution in [0, 0.1) is 5.92 Å². The predicted octanol–water partition coefficient (Wildman–Crippen LogP) is 2.51. The van der Waals surface area contributed by atoms with Crippen molar-refractivity contribution in [1.29, 1.82) is 0 Å². The topological polar surface area (TPSA) is 43.4 Å². The van der Waals surface area contributed by atoms with Crippen molar-refractivity contribution in [2.24, 2.45) is 5.92 Å². The second-order valence-electron chi connectivity index (χ2n) is 4.03. The summed E-state index contributed by atoms with van der Waals surface area (Å²) in [7, 11) is 0. The number of hydrogen-bond acceptors (Lipinski definition) is 3. The van der Waals surface area contributed by atoms with E-state index >= 15 is 0 Å². The van der Waals surface area contributed by atoms with Gasteiger partial charge in [-0.2, -0.15) is 0 Å². The molecule has 0 aliphatic heterocycles. The van der Waals surface area contributed by atoms with Gasteiger partial charge in [0.15, 0.2) is 0 Å². The molecule has 1 aromatic carbocycles. The Morgan fingerprint density at radius 1 is 1.24 bits per heavy atom. The van der Waals surface area contributed by atoms with Crippen LogP contribution in [0.4, 0.5) is 0 Å². The average Bonchev–Trinajstić information content (AvgIpc) is 2.34. The Bertz CT molecular complexity index is 405. The minimum absolute atomic E-state index is 0.126. The van der Waals surface area contributed by atoms with Crippen molar-refractivity contribution in [2.45, 2.75) is 20.5 Å². The second kappa shape index (κ2) is 6.63. The van der Waals surface area contributed by atoms with Gasteiger partial charge >= 0.3 is 5.97 Å². The van der Waals surface area contributed by atoms with Crippen LogP contribution in [0.25, 0.3) is 0 Å². The standard InChI is InChI=1S/C14H16O3/c1-11(2)8-9-13(15)14(16)17-10-12-6-4-3-5-7-12/h3-9,11H,10H2,1-2H3. The number of allylic oxidation sites excluding steroid dienone is 1. The first-order chi connectivity index (χ1) is 8.09. The monoisotopic (exact) mass is 232 g/mol. The summed E-state index contributed by atoms with van der Waals surface area (Å²) < 4.78 is 4.88. The maximum absolute atomic E-state index is 11.3. The summed E-state index contributed by atoms with van der Waals surface area (Å²) in [5.41, 5.74) is 0.862. The highest BCUT2D eigenvalue weighted by atomic mass is 16.5. The Kier molecular flexibility index (Phi) is 5.14. The quantitative estimate of drug-likeness (QED) is 0.445. The molecule has 1 aromatic rings. The first-order valence-electron chi connectivity index (χ1n) is 5.53. The van der Waals surface area contributed by atoms with Crippen LogP contribution >= 0.6 is 0 Å². The van der Waals surface area contributed by atoms with Crippen molar-refractivity contribution in [1.82, 2.24) is 0 Å². The highest BCUT2D eigenvalue weighted by Crippen LogP contribution is 2.01. The van der Waals surface area contributed by atoms with Crippen LogP contribution in [0.3, 0.4) is 0 Å². The van der Waals surface area contributed by atoms with Crippen molar-refractivity contribution < 1.29 is 14.3 Å². The van der Waals surface area contributed by atoms with E-state index in [0.29, 0.717) is 0 Å². The smallest absolute Gasteiger partial charge is 0.379 e. The summed E-state index contributed by atoms with van der Waals surface area (Å²) in [6.45, 7) is 3.99. The van der Waals surface area contributed by atoms with E-state index in [0.717, 1.165) is 5.56 Å². The third kappa shape index (κ3) is 5.11. The number of hydrogen-bond donors (Lipinski definition) is 0. The fraction of sp³-hybridized carbons (Fsp3) is 0.286. The lowest BCUT2D eigenvalue weighted by Gasteiger charge is -2.02. The van der Waals surface area contributed by atoms with Crippen molar-refractivity contribution in [2.75, 3.05) is 0 Å². The fourth-order valence-corrected chi connectivity index (χ4v) is 1.14. The molecular weight excluding hydrogens is 216 g/mol. The Hall–Kier alpha value is -1.90. The molecule has 0 saturated heterocycles. The van der Waals surface area contributed by atoms with Crippen LogP contribution < -0.4 is 0 Å². The molecule has 0 radical (unpaired) electrons. The molecule has 90 valence electrons. The summed E-state index contributed by atoms with van der Waals surface area (Å²) >= 11 is 0.